The number of likely N-dealkylation sites (N-methyl/N-ethyl adjacent to an activating group) is 1. The number of carbonyl (C=O) groups is 1. The zero-order chi connectivity index (χ0) is 15.2. The van der Waals surface area contributed by atoms with Crippen LogP contribution in [0.4, 0.5) is 4.39 Å². The highest BCUT2D eigenvalue weighted by Crippen LogP contribution is 2.15. The van der Waals surface area contributed by atoms with Gasteiger partial charge in [0.1, 0.15) is 11.8 Å². The van der Waals surface area contributed by atoms with E-state index in [1.165, 1.54) is 23.2 Å². The summed E-state index contributed by atoms with van der Waals surface area (Å²) in [5, 5.41) is 0.261. The van der Waals surface area contributed by atoms with Crippen LogP contribution in [0.15, 0.2) is 42.6 Å². The van der Waals surface area contributed by atoms with Crippen LogP contribution in [0.1, 0.15) is 10.4 Å². The molecule has 0 aliphatic rings. The Kier molecular flexibility index (Phi) is 5.11. The van der Waals surface area contributed by atoms with E-state index in [9.17, 15) is 9.18 Å². The predicted octanol–water partition coefficient (Wildman–Crippen LogP) is 3.03. The van der Waals surface area contributed by atoms with Crippen molar-refractivity contribution < 1.29 is 13.9 Å². The van der Waals surface area contributed by atoms with Gasteiger partial charge in [0.2, 0.25) is 0 Å². The van der Waals surface area contributed by atoms with Crippen LogP contribution in [0.2, 0.25) is 5.15 Å². The lowest BCUT2D eigenvalue weighted by molar-refractivity contribution is 0.0773. The van der Waals surface area contributed by atoms with Gasteiger partial charge in [0.15, 0.2) is 11.6 Å². The molecule has 0 aliphatic carbocycles. The second kappa shape index (κ2) is 7.04. The van der Waals surface area contributed by atoms with Crippen LogP contribution < -0.4 is 4.74 Å². The SMILES string of the molecule is CN(CCOc1ccccc1F)C(=O)c1ccnc(Cl)c1. The summed E-state index contributed by atoms with van der Waals surface area (Å²) in [6.07, 6.45) is 1.47. The van der Waals surface area contributed by atoms with Gasteiger partial charge in [-0.15, -0.1) is 0 Å². The zero-order valence-electron chi connectivity index (χ0n) is 11.4. The first-order valence-electron chi connectivity index (χ1n) is 6.32. The number of benzene rings is 1. The maximum Gasteiger partial charge on any atom is 0.253 e. The molecule has 21 heavy (non-hydrogen) atoms. The highest BCUT2D eigenvalue weighted by atomic mass is 35.5. The van der Waals surface area contributed by atoms with Crippen molar-refractivity contribution >= 4 is 17.5 Å². The van der Waals surface area contributed by atoms with Crippen molar-refractivity contribution in [1.82, 2.24) is 9.88 Å². The number of carbonyl (C=O) groups excluding carboxylic acids is 1. The lowest BCUT2D eigenvalue weighted by Gasteiger charge is -2.17. The van der Waals surface area contributed by atoms with Crippen molar-refractivity contribution in [2.45, 2.75) is 0 Å². The number of amides is 1. The molecule has 0 bridgehead atoms. The fourth-order valence-corrected chi connectivity index (χ4v) is 1.89. The van der Waals surface area contributed by atoms with Crippen LogP contribution in [0.25, 0.3) is 0 Å². The molecule has 0 spiro atoms. The Bertz CT molecular complexity index is 637. The van der Waals surface area contributed by atoms with Gasteiger partial charge >= 0.3 is 0 Å². The van der Waals surface area contributed by atoms with Crippen molar-refractivity contribution in [1.29, 1.82) is 0 Å². The monoisotopic (exact) mass is 308 g/mol. The zero-order valence-corrected chi connectivity index (χ0v) is 12.2. The van der Waals surface area contributed by atoms with Gasteiger partial charge in [-0.3, -0.25) is 4.79 Å². The molecule has 0 unspecified atom stereocenters. The third-order valence-electron chi connectivity index (χ3n) is 2.84. The molecule has 1 aromatic heterocycles. The van der Waals surface area contributed by atoms with Crippen LogP contribution >= 0.6 is 11.6 Å². The quantitative estimate of drug-likeness (QED) is 0.797. The van der Waals surface area contributed by atoms with E-state index < -0.39 is 5.82 Å². The van der Waals surface area contributed by atoms with Crippen molar-refractivity contribution in [3.63, 3.8) is 0 Å². The maximum absolute atomic E-state index is 13.4. The molecule has 6 heteroatoms. The van der Waals surface area contributed by atoms with Gasteiger partial charge in [-0.05, 0) is 24.3 Å². The summed E-state index contributed by atoms with van der Waals surface area (Å²) < 4.78 is 18.7. The minimum atomic E-state index is -0.424. The van der Waals surface area contributed by atoms with E-state index in [1.54, 1.807) is 31.3 Å². The first-order chi connectivity index (χ1) is 10.1. The van der Waals surface area contributed by atoms with Gasteiger partial charge < -0.3 is 9.64 Å². The number of aromatic nitrogens is 1. The average Bonchev–Trinajstić information content (AvgIpc) is 2.48. The molecular weight excluding hydrogens is 295 g/mol. The maximum atomic E-state index is 13.4. The lowest BCUT2D eigenvalue weighted by atomic mass is 10.2. The van der Waals surface area contributed by atoms with Crippen LogP contribution in [0.5, 0.6) is 5.75 Å². The van der Waals surface area contributed by atoms with E-state index in [0.717, 1.165) is 0 Å². The van der Waals surface area contributed by atoms with Crippen molar-refractivity contribution in [2.75, 3.05) is 20.2 Å². The molecule has 0 saturated carbocycles. The molecule has 0 atom stereocenters. The number of hydrogen-bond acceptors (Lipinski definition) is 3. The van der Waals surface area contributed by atoms with Crippen LogP contribution in [0, 0.1) is 5.82 Å². The first-order valence-corrected chi connectivity index (χ1v) is 6.70. The summed E-state index contributed by atoms with van der Waals surface area (Å²) in [5.41, 5.74) is 0.448. The molecule has 2 rings (SSSR count). The van der Waals surface area contributed by atoms with E-state index in [2.05, 4.69) is 4.98 Å². The molecule has 0 fully saturated rings. The number of rotatable bonds is 5. The normalized spacial score (nSPS) is 10.2. The molecule has 1 aromatic carbocycles. The standard InChI is InChI=1S/C15H14ClFN2O2/c1-19(15(20)11-6-7-18-14(16)10-11)8-9-21-13-5-3-2-4-12(13)17/h2-7,10H,8-9H2,1H3. The number of para-hydroxylation sites is 1. The highest BCUT2D eigenvalue weighted by Gasteiger charge is 2.12. The number of halogens is 2. The van der Waals surface area contributed by atoms with Crippen molar-refractivity contribution in [3.8, 4) is 5.75 Å². The number of ether oxygens (including phenoxy) is 1. The minimum Gasteiger partial charge on any atom is -0.489 e. The van der Waals surface area contributed by atoms with E-state index >= 15 is 0 Å². The summed E-state index contributed by atoms with van der Waals surface area (Å²) in [6.45, 7) is 0.523. The highest BCUT2D eigenvalue weighted by molar-refractivity contribution is 6.29. The second-order valence-electron chi connectivity index (χ2n) is 4.37. The second-order valence-corrected chi connectivity index (χ2v) is 4.76. The van der Waals surface area contributed by atoms with Gasteiger partial charge in [-0.1, -0.05) is 23.7 Å². The van der Waals surface area contributed by atoms with Gasteiger partial charge in [0.25, 0.3) is 5.91 Å². The molecule has 0 N–H and O–H groups in total. The van der Waals surface area contributed by atoms with Crippen LogP contribution in [0.3, 0.4) is 0 Å². The Morgan fingerprint density at radius 3 is 2.86 bits per heavy atom. The molecule has 1 heterocycles. The van der Waals surface area contributed by atoms with E-state index in [0.29, 0.717) is 12.1 Å². The number of pyridine rings is 1. The number of nitrogens with zero attached hydrogens (tertiary/aromatic N) is 2. The first kappa shape index (κ1) is 15.3. The predicted molar refractivity (Wildman–Crippen MR) is 78.1 cm³/mol. The Morgan fingerprint density at radius 2 is 2.14 bits per heavy atom. The molecule has 4 nitrogen and oxygen atoms in total. The van der Waals surface area contributed by atoms with Crippen molar-refractivity contribution in [3.05, 3.63) is 59.1 Å². The van der Waals surface area contributed by atoms with E-state index in [1.807, 2.05) is 0 Å². The Balaban J connectivity index is 1.89. The average molecular weight is 309 g/mol. The summed E-state index contributed by atoms with van der Waals surface area (Å²) in [6, 6.07) is 9.22. The summed E-state index contributed by atoms with van der Waals surface area (Å²) in [5.74, 6) is -0.450. The Morgan fingerprint density at radius 1 is 1.38 bits per heavy atom. The third kappa shape index (κ3) is 4.16. The lowest BCUT2D eigenvalue weighted by Crippen LogP contribution is -2.31. The molecule has 2 aromatic rings. The van der Waals surface area contributed by atoms with Gasteiger partial charge in [0, 0.05) is 18.8 Å². The molecular formula is C15H14ClFN2O2. The van der Waals surface area contributed by atoms with E-state index in [-0.39, 0.29) is 23.4 Å². The summed E-state index contributed by atoms with van der Waals surface area (Å²) in [4.78, 5) is 17.4. The molecule has 110 valence electrons. The fourth-order valence-electron chi connectivity index (χ4n) is 1.71. The van der Waals surface area contributed by atoms with Crippen LogP contribution in [-0.2, 0) is 0 Å². The molecule has 0 radical (unpaired) electrons. The van der Waals surface area contributed by atoms with Gasteiger partial charge in [0.05, 0.1) is 6.54 Å². The molecule has 0 saturated heterocycles. The molecule has 0 aliphatic heterocycles. The van der Waals surface area contributed by atoms with E-state index in [4.69, 9.17) is 16.3 Å². The van der Waals surface area contributed by atoms with Crippen LogP contribution in [-0.4, -0.2) is 36.0 Å². The summed E-state index contributed by atoms with van der Waals surface area (Å²) >= 11 is 5.75. The minimum absolute atomic E-state index is 0.172. The van der Waals surface area contributed by atoms with Crippen molar-refractivity contribution in [2.24, 2.45) is 0 Å². The molecule has 1 amide bonds. The smallest absolute Gasteiger partial charge is 0.253 e. The Labute approximate surface area is 127 Å². The largest absolute Gasteiger partial charge is 0.489 e. The van der Waals surface area contributed by atoms with Gasteiger partial charge in [-0.2, -0.15) is 0 Å². The Hall–Kier alpha value is -2.14. The van der Waals surface area contributed by atoms with Gasteiger partial charge in [-0.25, -0.2) is 9.37 Å². The summed E-state index contributed by atoms with van der Waals surface area (Å²) in [7, 11) is 1.64. The topological polar surface area (TPSA) is 42.4 Å². The fraction of sp³-hybridized carbons (Fsp3) is 0.200. The number of hydrogen-bond donors (Lipinski definition) is 0. The third-order valence-corrected chi connectivity index (χ3v) is 3.05.